The number of hydrogen-bond acceptors (Lipinski definition) is 2. The van der Waals surface area contributed by atoms with Gasteiger partial charge in [0, 0.05) is 11.5 Å². The molecule has 0 fully saturated rings. The topological polar surface area (TPSA) is 36.7 Å². The lowest BCUT2D eigenvalue weighted by atomic mass is 10.1. The fraction of sp³-hybridized carbons (Fsp3) is 0.250. The Morgan fingerprint density at radius 2 is 2.29 bits per heavy atom. The molecule has 0 atom stereocenters. The van der Waals surface area contributed by atoms with Gasteiger partial charge in [-0.05, 0) is 0 Å². The van der Waals surface area contributed by atoms with E-state index in [1.54, 1.807) is 6.07 Å². The molecular formula is C8H4BrClF2N2. The standard InChI is InChI=1S/C8H4BrClF2N2/c9-1-6-7(8(11)12)4(2-13)5(10)3-14-6/h3,8H,1H2. The zero-order valence-electron chi connectivity index (χ0n) is 6.77. The first-order valence-electron chi connectivity index (χ1n) is 3.53. The highest BCUT2D eigenvalue weighted by molar-refractivity contribution is 9.08. The lowest BCUT2D eigenvalue weighted by Gasteiger charge is -2.08. The Labute approximate surface area is 92.6 Å². The van der Waals surface area contributed by atoms with Crippen LogP contribution in [0.15, 0.2) is 6.20 Å². The molecule has 74 valence electrons. The summed E-state index contributed by atoms with van der Waals surface area (Å²) < 4.78 is 25.1. The van der Waals surface area contributed by atoms with E-state index in [0.717, 1.165) is 0 Å². The van der Waals surface area contributed by atoms with Gasteiger partial charge in [0.25, 0.3) is 6.43 Å². The van der Waals surface area contributed by atoms with E-state index in [1.807, 2.05) is 0 Å². The van der Waals surface area contributed by atoms with Crippen molar-refractivity contribution >= 4 is 27.5 Å². The van der Waals surface area contributed by atoms with Crippen molar-refractivity contribution in [1.82, 2.24) is 4.98 Å². The summed E-state index contributed by atoms with van der Waals surface area (Å²) in [5.74, 6) is 0. The molecule has 1 aromatic rings. The molecule has 0 unspecified atom stereocenters. The van der Waals surface area contributed by atoms with E-state index < -0.39 is 12.0 Å². The molecule has 1 heterocycles. The van der Waals surface area contributed by atoms with Crippen molar-refractivity contribution in [3.63, 3.8) is 0 Å². The van der Waals surface area contributed by atoms with Crippen LogP contribution in [-0.2, 0) is 5.33 Å². The molecule has 0 aromatic carbocycles. The number of pyridine rings is 1. The number of rotatable bonds is 2. The van der Waals surface area contributed by atoms with Gasteiger partial charge in [0.15, 0.2) is 0 Å². The fourth-order valence-corrected chi connectivity index (χ4v) is 1.64. The van der Waals surface area contributed by atoms with Crippen LogP contribution in [0.25, 0.3) is 0 Å². The molecule has 2 nitrogen and oxygen atoms in total. The van der Waals surface area contributed by atoms with Crippen molar-refractivity contribution in [2.45, 2.75) is 11.8 Å². The van der Waals surface area contributed by atoms with Crippen LogP contribution >= 0.6 is 27.5 Å². The second-order valence-corrected chi connectivity index (χ2v) is 3.36. The minimum absolute atomic E-state index is 0.0486. The van der Waals surface area contributed by atoms with E-state index in [1.165, 1.54) is 6.20 Å². The maximum atomic E-state index is 12.6. The lowest BCUT2D eigenvalue weighted by molar-refractivity contribution is 0.149. The summed E-state index contributed by atoms with van der Waals surface area (Å²) in [6.45, 7) is 0. The van der Waals surface area contributed by atoms with Gasteiger partial charge in [-0.1, -0.05) is 27.5 Å². The molecule has 0 amide bonds. The largest absolute Gasteiger partial charge is 0.266 e. The normalized spacial score (nSPS) is 10.3. The van der Waals surface area contributed by atoms with E-state index in [4.69, 9.17) is 16.9 Å². The summed E-state index contributed by atoms with van der Waals surface area (Å²) in [6.07, 6.45) is -1.55. The molecule has 0 radical (unpaired) electrons. The first-order valence-corrected chi connectivity index (χ1v) is 5.03. The zero-order chi connectivity index (χ0) is 10.7. The van der Waals surface area contributed by atoms with E-state index in [0.29, 0.717) is 0 Å². The van der Waals surface area contributed by atoms with Crippen molar-refractivity contribution < 1.29 is 8.78 Å². The van der Waals surface area contributed by atoms with Crippen LogP contribution in [0.1, 0.15) is 23.2 Å². The summed E-state index contributed by atoms with van der Waals surface area (Å²) in [5.41, 5.74) is -0.455. The first-order chi connectivity index (χ1) is 6.61. The van der Waals surface area contributed by atoms with Gasteiger partial charge < -0.3 is 0 Å². The number of aromatic nitrogens is 1. The predicted molar refractivity (Wildman–Crippen MR) is 51.6 cm³/mol. The molecule has 0 saturated carbocycles. The molecule has 6 heteroatoms. The first kappa shape index (κ1) is 11.3. The van der Waals surface area contributed by atoms with Crippen LogP contribution in [0.5, 0.6) is 0 Å². The number of nitrogens with zero attached hydrogens (tertiary/aromatic N) is 2. The Kier molecular flexibility index (Phi) is 3.78. The minimum atomic E-state index is -2.75. The molecule has 0 aliphatic carbocycles. The Bertz CT molecular complexity index is 390. The molecule has 14 heavy (non-hydrogen) atoms. The summed E-state index contributed by atoms with van der Waals surface area (Å²) in [7, 11) is 0. The molecule has 0 aliphatic rings. The van der Waals surface area contributed by atoms with Gasteiger partial charge in [-0.15, -0.1) is 0 Å². The van der Waals surface area contributed by atoms with Crippen molar-refractivity contribution in [3.8, 4) is 6.07 Å². The zero-order valence-corrected chi connectivity index (χ0v) is 9.11. The molecule has 0 N–H and O–H groups in total. The molecule has 0 bridgehead atoms. The second kappa shape index (κ2) is 4.67. The molecular weight excluding hydrogens is 277 g/mol. The highest BCUT2D eigenvalue weighted by Gasteiger charge is 2.20. The Morgan fingerprint density at radius 1 is 1.64 bits per heavy atom. The monoisotopic (exact) mass is 280 g/mol. The van der Waals surface area contributed by atoms with E-state index in [2.05, 4.69) is 20.9 Å². The second-order valence-electron chi connectivity index (χ2n) is 2.39. The highest BCUT2D eigenvalue weighted by atomic mass is 79.9. The average Bonchev–Trinajstić information content (AvgIpc) is 2.17. The van der Waals surface area contributed by atoms with Crippen molar-refractivity contribution in [2.24, 2.45) is 0 Å². The van der Waals surface area contributed by atoms with Crippen molar-refractivity contribution in [1.29, 1.82) is 5.26 Å². The van der Waals surface area contributed by atoms with Crippen molar-refractivity contribution in [2.75, 3.05) is 0 Å². The maximum absolute atomic E-state index is 12.6. The summed E-state index contributed by atoms with van der Waals surface area (Å²) in [4.78, 5) is 3.72. The van der Waals surface area contributed by atoms with Crippen LogP contribution in [0.3, 0.4) is 0 Å². The summed E-state index contributed by atoms with van der Waals surface area (Å²) >= 11 is 8.59. The molecule has 1 aromatic heterocycles. The fourth-order valence-electron chi connectivity index (χ4n) is 0.997. The third kappa shape index (κ3) is 2.02. The summed E-state index contributed by atoms with van der Waals surface area (Å²) in [6, 6.07) is 1.65. The van der Waals surface area contributed by atoms with Gasteiger partial charge in [-0.25, -0.2) is 8.78 Å². The minimum Gasteiger partial charge on any atom is -0.258 e. The number of hydrogen-bond donors (Lipinski definition) is 0. The Morgan fingerprint density at radius 3 is 2.71 bits per heavy atom. The van der Waals surface area contributed by atoms with E-state index >= 15 is 0 Å². The lowest BCUT2D eigenvalue weighted by Crippen LogP contribution is -2.00. The average molecular weight is 281 g/mol. The van der Waals surface area contributed by atoms with Crippen LogP contribution in [0.2, 0.25) is 5.02 Å². The van der Waals surface area contributed by atoms with Crippen LogP contribution in [0.4, 0.5) is 8.78 Å². The van der Waals surface area contributed by atoms with Crippen LogP contribution < -0.4 is 0 Å². The summed E-state index contributed by atoms with van der Waals surface area (Å²) in [5, 5.41) is 8.77. The predicted octanol–water partition coefficient (Wildman–Crippen LogP) is 3.44. The molecule has 0 saturated heterocycles. The van der Waals surface area contributed by atoms with Gasteiger partial charge in [0.2, 0.25) is 0 Å². The SMILES string of the molecule is N#Cc1c(Cl)cnc(CBr)c1C(F)F. The molecule has 1 rings (SSSR count). The van der Waals surface area contributed by atoms with Crippen LogP contribution in [0, 0.1) is 11.3 Å². The third-order valence-corrected chi connectivity index (χ3v) is 2.43. The van der Waals surface area contributed by atoms with Gasteiger partial charge >= 0.3 is 0 Å². The van der Waals surface area contributed by atoms with Gasteiger partial charge in [-0.2, -0.15) is 5.26 Å². The van der Waals surface area contributed by atoms with E-state index in [-0.39, 0.29) is 21.6 Å². The number of halogens is 4. The molecule has 0 spiro atoms. The van der Waals surface area contributed by atoms with Gasteiger partial charge in [0.05, 0.1) is 21.8 Å². The highest BCUT2D eigenvalue weighted by Crippen LogP contribution is 2.30. The van der Waals surface area contributed by atoms with Crippen LogP contribution in [-0.4, -0.2) is 4.98 Å². The quantitative estimate of drug-likeness (QED) is 0.779. The van der Waals surface area contributed by atoms with E-state index in [9.17, 15) is 8.78 Å². The number of nitriles is 1. The smallest absolute Gasteiger partial charge is 0.258 e. The van der Waals surface area contributed by atoms with Gasteiger partial charge in [-0.3, -0.25) is 4.98 Å². The number of alkyl halides is 3. The van der Waals surface area contributed by atoms with Crippen molar-refractivity contribution in [3.05, 3.63) is 28.0 Å². The third-order valence-electron chi connectivity index (χ3n) is 1.61. The van der Waals surface area contributed by atoms with Gasteiger partial charge in [0.1, 0.15) is 6.07 Å². The Hall–Kier alpha value is -0.730. The Balaban J connectivity index is 3.46. The molecule has 0 aliphatic heterocycles. The maximum Gasteiger partial charge on any atom is 0.266 e.